The molecule has 1 spiro atoms. The number of ether oxygens (including phenoxy) is 2. The highest BCUT2D eigenvalue weighted by Gasteiger charge is 2.45. The summed E-state index contributed by atoms with van der Waals surface area (Å²) in [5.41, 5.74) is -0.0422. The van der Waals surface area contributed by atoms with Crippen molar-refractivity contribution in [2.45, 2.75) is 38.4 Å². The fourth-order valence-corrected chi connectivity index (χ4v) is 2.98. The van der Waals surface area contributed by atoms with E-state index in [2.05, 4.69) is 26.2 Å². The van der Waals surface area contributed by atoms with Crippen LogP contribution in [0.25, 0.3) is 0 Å². The largest absolute Gasteiger partial charge is 0.466 e. The molecule has 3 heterocycles. The third kappa shape index (κ3) is 3.14. The summed E-state index contributed by atoms with van der Waals surface area (Å²) in [6.07, 6.45) is 0.466. The first-order valence-corrected chi connectivity index (χ1v) is 8.13. The van der Waals surface area contributed by atoms with E-state index in [9.17, 15) is 4.79 Å². The molecule has 3 rings (SSSR count). The average molecular weight is 370 g/mol. The molecule has 120 valence electrons. The van der Waals surface area contributed by atoms with Gasteiger partial charge in [-0.3, -0.25) is 0 Å². The molecular weight excluding hydrogens is 350 g/mol. The van der Waals surface area contributed by atoms with E-state index in [-0.39, 0.29) is 6.09 Å². The van der Waals surface area contributed by atoms with E-state index in [0.717, 1.165) is 16.7 Å². The number of hydrogen-bond donors (Lipinski definition) is 1. The maximum atomic E-state index is 12.2. The molecule has 0 aliphatic carbocycles. The highest BCUT2D eigenvalue weighted by molar-refractivity contribution is 9.10. The summed E-state index contributed by atoms with van der Waals surface area (Å²) < 4.78 is 12.3. The van der Waals surface area contributed by atoms with Crippen molar-refractivity contribution in [2.24, 2.45) is 0 Å². The zero-order valence-electron chi connectivity index (χ0n) is 13.0. The fourth-order valence-electron chi connectivity index (χ4n) is 2.68. The fraction of sp³-hybridized carbons (Fsp3) is 0.600. The smallest absolute Gasteiger partial charge is 0.410 e. The second-order valence-electron chi connectivity index (χ2n) is 6.78. The van der Waals surface area contributed by atoms with Gasteiger partial charge >= 0.3 is 6.09 Å². The average Bonchev–Trinajstić information content (AvgIpc) is 2.80. The van der Waals surface area contributed by atoms with E-state index < -0.39 is 11.2 Å². The van der Waals surface area contributed by atoms with Gasteiger partial charge in [-0.05, 0) is 48.8 Å². The Balaban J connectivity index is 1.71. The lowest BCUT2D eigenvalue weighted by atomic mass is 10.0. The summed E-state index contributed by atoms with van der Waals surface area (Å²) in [6.45, 7) is 7.39. The number of nitrogens with zero attached hydrogens (tertiary/aromatic N) is 2. The quantitative estimate of drug-likeness (QED) is 0.712. The van der Waals surface area contributed by atoms with Crippen LogP contribution in [0.15, 0.2) is 16.7 Å². The summed E-state index contributed by atoms with van der Waals surface area (Å²) in [4.78, 5) is 18.3. The van der Waals surface area contributed by atoms with Gasteiger partial charge in [-0.1, -0.05) is 0 Å². The molecule has 0 bridgehead atoms. The zero-order valence-corrected chi connectivity index (χ0v) is 14.6. The number of anilines is 1. The first-order valence-electron chi connectivity index (χ1n) is 7.34. The molecule has 0 saturated carbocycles. The molecule has 1 unspecified atom stereocenters. The summed E-state index contributed by atoms with van der Waals surface area (Å²) in [7, 11) is 0. The van der Waals surface area contributed by atoms with Gasteiger partial charge in [0.2, 0.25) is 5.88 Å². The monoisotopic (exact) mass is 369 g/mol. The van der Waals surface area contributed by atoms with E-state index in [1.807, 2.05) is 32.9 Å². The lowest BCUT2D eigenvalue weighted by Crippen LogP contribution is -2.49. The van der Waals surface area contributed by atoms with Crippen LogP contribution in [0.5, 0.6) is 5.88 Å². The number of likely N-dealkylation sites (tertiary alicyclic amines) is 1. The summed E-state index contributed by atoms with van der Waals surface area (Å²) in [6, 6.07) is 3.80. The zero-order chi connectivity index (χ0) is 16.0. The third-order valence-corrected chi connectivity index (χ3v) is 4.15. The molecule has 1 aromatic rings. The van der Waals surface area contributed by atoms with Crippen LogP contribution >= 0.6 is 15.9 Å². The predicted octanol–water partition coefficient (Wildman–Crippen LogP) is 3.03. The van der Waals surface area contributed by atoms with Gasteiger partial charge in [-0.2, -0.15) is 0 Å². The van der Waals surface area contributed by atoms with E-state index in [1.54, 1.807) is 4.90 Å². The molecular formula is C15H20BrN3O3. The van der Waals surface area contributed by atoms with Crippen molar-refractivity contribution in [3.63, 3.8) is 0 Å². The minimum atomic E-state index is -0.489. The number of amides is 1. The van der Waals surface area contributed by atoms with Crippen LogP contribution in [0.3, 0.4) is 0 Å². The Morgan fingerprint density at radius 1 is 1.50 bits per heavy atom. The van der Waals surface area contributed by atoms with Crippen LogP contribution in [-0.4, -0.2) is 46.8 Å². The number of pyridine rings is 1. The van der Waals surface area contributed by atoms with Crippen molar-refractivity contribution >= 4 is 27.7 Å². The van der Waals surface area contributed by atoms with Crippen molar-refractivity contribution in [1.29, 1.82) is 0 Å². The number of carbonyl (C=O) groups excluding carboxylic acids is 1. The van der Waals surface area contributed by atoms with Gasteiger partial charge in [0, 0.05) is 13.0 Å². The number of nitrogens with one attached hydrogen (secondary N) is 1. The Kier molecular flexibility index (Phi) is 3.71. The van der Waals surface area contributed by atoms with Crippen molar-refractivity contribution in [3.8, 4) is 5.88 Å². The second-order valence-corrected chi connectivity index (χ2v) is 7.59. The Morgan fingerprint density at radius 2 is 2.27 bits per heavy atom. The van der Waals surface area contributed by atoms with Crippen molar-refractivity contribution in [3.05, 3.63) is 16.7 Å². The first kappa shape index (κ1) is 15.4. The van der Waals surface area contributed by atoms with Crippen LogP contribution < -0.4 is 10.1 Å². The maximum Gasteiger partial charge on any atom is 0.410 e. The van der Waals surface area contributed by atoms with E-state index >= 15 is 0 Å². The van der Waals surface area contributed by atoms with Crippen molar-refractivity contribution in [2.75, 3.05) is 25.0 Å². The molecule has 1 saturated heterocycles. The normalized spacial score (nSPS) is 23.7. The number of fused-ring (bicyclic) bond motifs is 1. The van der Waals surface area contributed by atoms with Crippen LogP contribution in [0.4, 0.5) is 10.5 Å². The number of rotatable bonds is 0. The Hall–Kier alpha value is -1.50. The highest BCUT2D eigenvalue weighted by atomic mass is 79.9. The summed E-state index contributed by atoms with van der Waals surface area (Å²) in [5.74, 6) is 0.576. The number of aromatic nitrogens is 1. The van der Waals surface area contributed by atoms with Crippen LogP contribution in [0.2, 0.25) is 0 Å². The van der Waals surface area contributed by atoms with Gasteiger partial charge < -0.3 is 19.7 Å². The number of carbonyl (C=O) groups is 1. The molecule has 1 fully saturated rings. The topological polar surface area (TPSA) is 63.7 Å². The lowest BCUT2D eigenvalue weighted by Gasteiger charge is -2.35. The summed E-state index contributed by atoms with van der Waals surface area (Å²) in [5, 5.41) is 3.34. The lowest BCUT2D eigenvalue weighted by molar-refractivity contribution is 0.0211. The standard InChI is InChI=1S/C15H20BrN3O3/c1-14(2,3)22-13(20)19-7-6-15(9-19)8-17-10-4-5-11(16)18-12(10)21-15/h4-5,17H,6-9H2,1-3H3. The number of hydrogen-bond acceptors (Lipinski definition) is 5. The maximum absolute atomic E-state index is 12.2. The highest BCUT2D eigenvalue weighted by Crippen LogP contribution is 2.37. The SMILES string of the molecule is CC(C)(C)OC(=O)N1CCC2(CNc3ccc(Br)nc3O2)C1. The minimum absolute atomic E-state index is 0.291. The molecule has 1 amide bonds. The second kappa shape index (κ2) is 5.30. The summed E-state index contributed by atoms with van der Waals surface area (Å²) >= 11 is 3.35. The number of halogens is 1. The van der Waals surface area contributed by atoms with Gasteiger partial charge in [-0.15, -0.1) is 0 Å². The molecule has 2 aliphatic heterocycles. The van der Waals surface area contributed by atoms with E-state index in [1.165, 1.54) is 0 Å². The van der Waals surface area contributed by atoms with E-state index in [4.69, 9.17) is 9.47 Å². The van der Waals surface area contributed by atoms with Gasteiger partial charge in [0.15, 0.2) is 0 Å². The van der Waals surface area contributed by atoms with Crippen LogP contribution in [-0.2, 0) is 4.74 Å². The van der Waals surface area contributed by atoms with Crippen molar-refractivity contribution in [1.82, 2.24) is 9.88 Å². The molecule has 1 atom stereocenters. The Labute approximate surface area is 138 Å². The molecule has 1 N–H and O–H groups in total. The van der Waals surface area contributed by atoms with Gasteiger partial charge in [0.25, 0.3) is 0 Å². The van der Waals surface area contributed by atoms with Crippen LogP contribution in [0, 0.1) is 0 Å². The van der Waals surface area contributed by atoms with Gasteiger partial charge in [0.05, 0.1) is 18.8 Å². The molecule has 0 aromatic carbocycles. The molecule has 0 radical (unpaired) electrons. The molecule has 7 heteroatoms. The Morgan fingerprint density at radius 3 is 3.00 bits per heavy atom. The van der Waals surface area contributed by atoms with Gasteiger partial charge in [0.1, 0.15) is 15.8 Å². The first-order chi connectivity index (χ1) is 10.3. The van der Waals surface area contributed by atoms with Gasteiger partial charge in [-0.25, -0.2) is 9.78 Å². The Bertz CT molecular complexity index is 602. The molecule has 1 aromatic heterocycles. The molecule has 2 aliphatic rings. The van der Waals surface area contributed by atoms with Crippen molar-refractivity contribution < 1.29 is 14.3 Å². The van der Waals surface area contributed by atoms with Crippen LogP contribution in [0.1, 0.15) is 27.2 Å². The minimum Gasteiger partial charge on any atom is -0.466 e. The molecule has 6 nitrogen and oxygen atoms in total. The molecule has 22 heavy (non-hydrogen) atoms. The third-order valence-electron chi connectivity index (χ3n) is 3.71. The van der Waals surface area contributed by atoms with E-state index in [0.29, 0.717) is 25.5 Å². The predicted molar refractivity (Wildman–Crippen MR) is 86.2 cm³/mol.